The highest BCUT2D eigenvalue weighted by atomic mass is 32.2. The summed E-state index contributed by atoms with van der Waals surface area (Å²) in [6, 6.07) is 7.72. The van der Waals surface area contributed by atoms with E-state index in [0.29, 0.717) is 0 Å². The second kappa shape index (κ2) is 8.14. The number of amidine groups is 1. The van der Waals surface area contributed by atoms with Crippen molar-refractivity contribution in [2.24, 2.45) is 10.9 Å². The maximum Gasteiger partial charge on any atom is 0.170 e. The van der Waals surface area contributed by atoms with E-state index in [0.717, 1.165) is 30.8 Å². The zero-order valence-corrected chi connectivity index (χ0v) is 12.4. The molecule has 110 valence electrons. The van der Waals surface area contributed by atoms with E-state index in [1.54, 1.807) is 0 Å². The standard InChI is InChI=1S/C14H22N4OS/c15-14(17-19)13-4-2-1-3-12(13)11-16-5-6-18-7-9-20-10-8-18/h1-4,16,19H,5-11H2,(H2,15,17). The third kappa shape index (κ3) is 4.40. The molecule has 0 atom stereocenters. The lowest BCUT2D eigenvalue weighted by molar-refractivity contribution is 0.301. The highest BCUT2D eigenvalue weighted by Gasteiger charge is 2.10. The van der Waals surface area contributed by atoms with Crippen molar-refractivity contribution in [2.75, 3.05) is 37.7 Å². The predicted octanol–water partition coefficient (Wildman–Crippen LogP) is 0.920. The third-order valence-electron chi connectivity index (χ3n) is 3.43. The Balaban J connectivity index is 1.79. The van der Waals surface area contributed by atoms with E-state index in [1.807, 2.05) is 36.0 Å². The van der Waals surface area contributed by atoms with Crippen LogP contribution in [0, 0.1) is 0 Å². The van der Waals surface area contributed by atoms with Crippen LogP contribution >= 0.6 is 11.8 Å². The Morgan fingerprint density at radius 1 is 1.35 bits per heavy atom. The maximum absolute atomic E-state index is 8.79. The number of hydrogen-bond acceptors (Lipinski definition) is 5. The maximum atomic E-state index is 8.79. The van der Waals surface area contributed by atoms with E-state index in [9.17, 15) is 0 Å². The number of nitrogens with two attached hydrogens (primary N) is 1. The highest BCUT2D eigenvalue weighted by Crippen LogP contribution is 2.09. The van der Waals surface area contributed by atoms with Crippen LogP contribution in [0.25, 0.3) is 0 Å². The van der Waals surface area contributed by atoms with Gasteiger partial charge in [0.25, 0.3) is 0 Å². The van der Waals surface area contributed by atoms with E-state index >= 15 is 0 Å². The van der Waals surface area contributed by atoms with Gasteiger partial charge in [-0.15, -0.1) is 0 Å². The number of hydrogen-bond donors (Lipinski definition) is 3. The molecule has 0 amide bonds. The minimum absolute atomic E-state index is 0.162. The van der Waals surface area contributed by atoms with Crippen LogP contribution in [0.15, 0.2) is 29.4 Å². The number of oxime groups is 1. The molecule has 1 aliphatic heterocycles. The lowest BCUT2D eigenvalue weighted by Gasteiger charge is -2.26. The number of nitrogens with one attached hydrogen (secondary N) is 1. The minimum atomic E-state index is 0.162. The van der Waals surface area contributed by atoms with Gasteiger partial charge < -0.3 is 21.2 Å². The van der Waals surface area contributed by atoms with Gasteiger partial charge in [0.15, 0.2) is 5.84 Å². The van der Waals surface area contributed by atoms with Gasteiger partial charge in [0, 0.05) is 49.8 Å². The molecule has 0 bridgehead atoms. The molecule has 1 heterocycles. The Labute approximate surface area is 124 Å². The molecule has 0 aliphatic carbocycles. The van der Waals surface area contributed by atoms with Crippen molar-refractivity contribution in [3.8, 4) is 0 Å². The van der Waals surface area contributed by atoms with Gasteiger partial charge in [-0.2, -0.15) is 11.8 Å². The summed E-state index contributed by atoms with van der Waals surface area (Å²) in [7, 11) is 0. The molecular weight excluding hydrogens is 272 g/mol. The first-order valence-corrected chi connectivity index (χ1v) is 8.03. The molecule has 1 fully saturated rings. The van der Waals surface area contributed by atoms with E-state index in [-0.39, 0.29) is 5.84 Å². The second-order valence-corrected chi connectivity index (χ2v) is 6.00. The Hall–Kier alpha value is -1.24. The highest BCUT2D eigenvalue weighted by molar-refractivity contribution is 7.99. The zero-order valence-electron chi connectivity index (χ0n) is 11.6. The Kier molecular flexibility index (Phi) is 6.17. The monoisotopic (exact) mass is 294 g/mol. The fraction of sp³-hybridized carbons (Fsp3) is 0.500. The number of nitrogens with zero attached hydrogens (tertiary/aromatic N) is 2. The SMILES string of the molecule is N/C(=N/O)c1ccccc1CNCCN1CCSCC1. The summed E-state index contributed by atoms with van der Waals surface area (Å²) in [5.74, 6) is 2.65. The van der Waals surface area contributed by atoms with Gasteiger partial charge in [0.2, 0.25) is 0 Å². The van der Waals surface area contributed by atoms with Crippen molar-refractivity contribution < 1.29 is 5.21 Å². The van der Waals surface area contributed by atoms with Crippen LogP contribution in [-0.4, -0.2) is 53.6 Å². The number of thioether (sulfide) groups is 1. The van der Waals surface area contributed by atoms with Crippen LogP contribution in [-0.2, 0) is 6.54 Å². The van der Waals surface area contributed by atoms with Crippen molar-refractivity contribution in [2.45, 2.75) is 6.54 Å². The Morgan fingerprint density at radius 2 is 2.10 bits per heavy atom. The van der Waals surface area contributed by atoms with Gasteiger partial charge >= 0.3 is 0 Å². The van der Waals surface area contributed by atoms with Gasteiger partial charge in [0.1, 0.15) is 0 Å². The zero-order chi connectivity index (χ0) is 14.2. The van der Waals surface area contributed by atoms with Crippen LogP contribution in [0.5, 0.6) is 0 Å². The molecule has 6 heteroatoms. The van der Waals surface area contributed by atoms with E-state index in [4.69, 9.17) is 10.9 Å². The first-order valence-electron chi connectivity index (χ1n) is 6.88. The molecular formula is C14H22N4OS. The van der Waals surface area contributed by atoms with Gasteiger partial charge in [-0.25, -0.2) is 0 Å². The van der Waals surface area contributed by atoms with Crippen molar-refractivity contribution in [3.63, 3.8) is 0 Å². The van der Waals surface area contributed by atoms with Crippen LogP contribution in [0.3, 0.4) is 0 Å². The molecule has 0 radical (unpaired) electrons. The summed E-state index contributed by atoms with van der Waals surface area (Å²) in [4.78, 5) is 2.49. The quantitative estimate of drug-likeness (QED) is 0.239. The molecule has 0 saturated carbocycles. The minimum Gasteiger partial charge on any atom is -0.409 e. The fourth-order valence-corrected chi connectivity index (χ4v) is 3.24. The number of rotatable bonds is 6. The molecule has 1 aromatic carbocycles. The van der Waals surface area contributed by atoms with Crippen LogP contribution < -0.4 is 11.1 Å². The smallest absolute Gasteiger partial charge is 0.170 e. The van der Waals surface area contributed by atoms with E-state index < -0.39 is 0 Å². The lowest BCUT2D eigenvalue weighted by Crippen LogP contribution is -2.37. The van der Waals surface area contributed by atoms with Crippen molar-refractivity contribution in [1.82, 2.24) is 10.2 Å². The molecule has 0 aromatic heterocycles. The Bertz CT molecular complexity index is 447. The van der Waals surface area contributed by atoms with Crippen LogP contribution in [0.1, 0.15) is 11.1 Å². The molecule has 1 saturated heterocycles. The first kappa shape index (κ1) is 15.2. The molecule has 0 unspecified atom stereocenters. The normalized spacial score (nSPS) is 17.3. The Morgan fingerprint density at radius 3 is 2.85 bits per heavy atom. The molecule has 4 N–H and O–H groups in total. The summed E-state index contributed by atoms with van der Waals surface area (Å²) in [6.45, 7) is 5.14. The predicted molar refractivity (Wildman–Crippen MR) is 84.4 cm³/mol. The number of benzene rings is 1. The van der Waals surface area contributed by atoms with E-state index in [2.05, 4.69) is 15.4 Å². The van der Waals surface area contributed by atoms with Gasteiger partial charge in [-0.3, -0.25) is 0 Å². The molecule has 1 aromatic rings. The average Bonchev–Trinajstić information content (AvgIpc) is 2.52. The molecule has 1 aliphatic rings. The van der Waals surface area contributed by atoms with Gasteiger partial charge in [0.05, 0.1) is 0 Å². The lowest BCUT2D eigenvalue weighted by atomic mass is 10.1. The van der Waals surface area contributed by atoms with Crippen LogP contribution in [0.2, 0.25) is 0 Å². The molecule has 0 spiro atoms. The van der Waals surface area contributed by atoms with Crippen molar-refractivity contribution in [3.05, 3.63) is 35.4 Å². The van der Waals surface area contributed by atoms with E-state index in [1.165, 1.54) is 24.6 Å². The first-order chi connectivity index (χ1) is 9.81. The third-order valence-corrected chi connectivity index (χ3v) is 4.37. The molecule has 5 nitrogen and oxygen atoms in total. The summed E-state index contributed by atoms with van der Waals surface area (Å²) < 4.78 is 0. The topological polar surface area (TPSA) is 73.9 Å². The molecule has 2 rings (SSSR count). The summed E-state index contributed by atoms with van der Waals surface area (Å²) >= 11 is 2.03. The largest absolute Gasteiger partial charge is 0.409 e. The molecule has 20 heavy (non-hydrogen) atoms. The van der Waals surface area contributed by atoms with Crippen molar-refractivity contribution in [1.29, 1.82) is 0 Å². The second-order valence-electron chi connectivity index (χ2n) is 4.77. The van der Waals surface area contributed by atoms with Crippen molar-refractivity contribution >= 4 is 17.6 Å². The van der Waals surface area contributed by atoms with Crippen LogP contribution in [0.4, 0.5) is 0 Å². The summed E-state index contributed by atoms with van der Waals surface area (Å²) in [5.41, 5.74) is 7.52. The summed E-state index contributed by atoms with van der Waals surface area (Å²) in [5, 5.41) is 15.3. The van der Waals surface area contributed by atoms with Gasteiger partial charge in [-0.05, 0) is 5.56 Å². The van der Waals surface area contributed by atoms with Gasteiger partial charge in [-0.1, -0.05) is 29.4 Å². The average molecular weight is 294 g/mol. The summed E-state index contributed by atoms with van der Waals surface area (Å²) in [6.07, 6.45) is 0. The fourth-order valence-electron chi connectivity index (χ4n) is 2.26.